The predicted octanol–water partition coefficient (Wildman–Crippen LogP) is 3.76. The third-order valence-corrected chi connectivity index (χ3v) is 3.45. The van der Waals surface area contributed by atoms with Gasteiger partial charge in [-0.2, -0.15) is 0 Å². The summed E-state index contributed by atoms with van der Waals surface area (Å²) in [4.78, 5) is 16.7. The highest BCUT2D eigenvalue weighted by atomic mass is 16.5. The van der Waals surface area contributed by atoms with Crippen LogP contribution >= 0.6 is 0 Å². The van der Waals surface area contributed by atoms with Crippen LogP contribution in [0.25, 0.3) is 0 Å². The number of nitrogens with one attached hydrogen (secondary N) is 1. The maximum absolute atomic E-state index is 12.5. The molecule has 0 spiro atoms. The third kappa shape index (κ3) is 4.72. The molecule has 0 fully saturated rings. The van der Waals surface area contributed by atoms with Crippen molar-refractivity contribution in [3.05, 3.63) is 53.9 Å². The lowest BCUT2D eigenvalue weighted by molar-refractivity contribution is 0.0938. The summed E-state index contributed by atoms with van der Waals surface area (Å²) in [7, 11) is 0. The quantitative estimate of drug-likeness (QED) is 0.801. The standard InChI is InChI=1S/C19H24N2O3/c1-4-12-24-17-10-9-15(13-18(17)23-5-2)19(22)21-14(3)16-8-6-7-11-20-16/h6-11,13-14H,4-5,12H2,1-3H3,(H,21,22). The van der Waals surface area contributed by atoms with Crippen molar-refractivity contribution < 1.29 is 14.3 Å². The normalized spacial score (nSPS) is 11.6. The van der Waals surface area contributed by atoms with Gasteiger partial charge in [0, 0.05) is 11.8 Å². The highest BCUT2D eigenvalue weighted by molar-refractivity contribution is 5.95. The zero-order chi connectivity index (χ0) is 17.4. The molecule has 1 amide bonds. The van der Waals surface area contributed by atoms with Crippen molar-refractivity contribution in [1.29, 1.82) is 0 Å². The van der Waals surface area contributed by atoms with Crippen LogP contribution in [0.15, 0.2) is 42.6 Å². The molecule has 2 aromatic rings. The number of carbonyl (C=O) groups excluding carboxylic acids is 1. The maximum atomic E-state index is 12.5. The van der Waals surface area contributed by atoms with Gasteiger partial charge in [-0.1, -0.05) is 13.0 Å². The number of aromatic nitrogens is 1. The lowest BCUT2D eigenvalue weighted by Crippen LogP contribution is -2.27. The highest BCUT2D eigenvalue weighted by Gasteiger charge is 2.15. The third-order valence-electron chi connectivity index (χ3n) is 3.45. The van der Waals surface area contributed by atoms with Crippen molar-refractivity contribution in [2.24, 2.45) is 0 Å². The molecule has 128 valence electrons. The summed E-state index contributed by atoms with van der Waals surface area (Å²) in [5, 5.41) is 2.95. The molecule has 1 unspecified atom stereocenters. The first-order valence-electron chi connectivity index (χ1n) is 8.27. The Labute approximate surface area is 143 Å². The molecule has 0 saturated carbocycles. The average Bonchev–Trinajstić information content (AvgIpc) is 2.61. The minimum absolute atomic E-state index is 0.170. The van der Waals surface area contributed by atoms with Gasteiger partial charge in [-0.3, -0.25) is 9.78 Å². The van der Waals surface area contributed by atoms with E-state index in [1.807, 2.05) is 39.0 Å². The van der Waals surface area contributed by atoms with Gasteiger partial charge in [-0.05, 0) is 50.6 Å². The van der Waals surface area contributed by atoms with Crippen molar-refractivity contribution in [2.75, 3.05) is 13.2 Å². The van der Waals surface area contributed by atoms with Crippen LogP contribution in [-0.2, 0) is 0 Å². The van der Waals surface area contributed by atoms with Crippen molar-refractivity contribution in [3.63, 3.8) is 0 Å². The molecule has 0 aliphatic heterocycles. The molecule has 1 aromatic heterocycles. The molecule has 0 aliphatic carbocycles. The molecule has 0 aliphatic rings. The summed E-state index contributed by atoms with van der Waals surface area (Å²) in [6.45, 7) is 6.98. The van der Waals surface area contributed by atoms with E-state index in [0.29, 0.717) is 30.3 Å². The van der Waals surface area contributed by atoms with Crippen LogP contribution in [0.4, 0.5) is 0 Å². The molecule has 2 rings (SSSR count). The van der Waals surface area contributed by atoms with E-state index < -0.39 is 0 Å². The zero-order valence-corrected chi connectivity index (χ0v) is 14.4. The molecule has 1 N–H and O–H groups in total. The second kappa shape index (κ2) is 8.91. The van der Waals surface area contributed by atoms with Crippen LogP contribution in [-0.4, -0.2) is 24.1 Å². The minimum atomic E-state index is -0.176. The van der Waals surface area contributed by atoms with Gasteiger partial charge in [0.05, 0.1) is 24.9 Å². The van der Waals surface area contributed by atoms with Gasteiger partial charge in [0.15, 0.2) is 11.5 Å². The summed E-state index contributed by atoms with van der Waals surface area (Å²) in [6, 6.07) is 10.7. The van der Waals surface area contributed by atoms with Crippen molar-refractivity contribution >= 4 is 5.91 Å². The van der Waals surface area contributed by atoms with E-state index in [1.165, 1.54) is 0 Å². The lowest BCUT2D eigenvalue weighted by atomic mass is 10.1. The summed E-state index contributed by atoms with van der Waals surface area (Å²) >= 11 is 0. The summed E-state index contributed by atoms with van der Waals surface area (Å²) in [5.41, 5.74) is 1.35. The van der Waals surface area contributed by atoms with Crippen LogP contribution in [0.5, 0.6) is 11.5 Å². The van der Waals surface area contributed by atoms with Crippen molar-refractivity contribution in [3.8, 4) is 11.5 Å². The van der Waals surface area contributed by atoms with Crippen LogP contribution in [0.1, 0.15) is 49.3 Å². The number of ether oxygens (including phenoxy) is 2. The molecule has 24 heavy (non-hydrogen) atoms. The average molecular weight is 328 g/mol. The van der Waals surface area contributed by atoms with Crippen LogP contribution < -0.4 is 14.8 Å². The molecule has 5 heteroatoms. The van der Waals surface area contributed by atoms with Gasteiger partial charge in [0.2, 0.25) is 0 Å². The van der Waals surface area contributed by atoms with Crippen LogP contribution in [0.3, 0.4) is 0 Å². The monoisotopic (exact) mass is 328 g/mol. The number of rotatable bonds is 8. The Hall–Kier alpha value is -2.56. The summed E-state index contributed by atoms with van der Waals surface area (Å²) in [5.74, 6) is 1.08. The summed E-state index contributed by atoms with van der Waals surface area (Å²) in [6.07, 6.45) is 2.63. The van der Waals surface area contributed by atoms with E-state index in [1.54, 1.807) is 24.4 Å². The van der Waals surface area contributed by atoms with Gasteiger partial charge in [-0.15, -0.1) is 0 Å². The number of hydrogen-bond donors (Lipinski definition) is 1. The number of amides is 1. The molecule has 1 atom stereocenters. The Morgan fingerprint density at radius 3 is 2.67 bits per heavy atom. The van der Waals surface area contributed by atoms with E-state index in [0.717, 1.165) is 12.1 Å². The van der Waals surface area contributed by atoms with E-state index >= 15 is 0 Å². The van der Waals surface area contributed by atoms with Gasteiger partial charge in [0.1, 0.15) is 0 Å². The van der Waals surface area contributed by atoms with Crippen molar-refractivity contribution in [2.45, 2.75) is 33.2 Å². The summed E-state index contributed by atoms with van der Waals surface area (Å²) < 4.78 is 11.3. The number of carbonyl (C=O) groups is 1. The van der Waals surface area contributed by atoms with Crippen molar-refractivity contribution in [1.82, 2.24) is 10.3 Å². The molecule has 5 nitrogen and oxygen atoms in total. The molecule has 1 heterocycles. The second-order valence-electron chi connectivity index (χ2n) is 5.39. The minimum Gasteiger partial charge on any atom is -0.490 e. The number of benzene rings is 1. The van der Waals surface area contributed by atoms with Crippen LogP contribution in [0.2, 0.25) is 0 Å². The van der Waals surface area contributed by atoms with E-state index in [-0.39, 0.29) is 11.9 Å². The number of nitrogens with zero attached hydrogens (tertiary/aromatic N) is 1. The Morgan fingerprint density at radius 2 is 2.00 bits per heavy atom. The fourth-order valence-corrected chi connectivity index (χ4v) is 2.23. The maximum Gasteiger partial charge on any atom is 0.251 e. The smallest absolute Gasteiger partial charge is 0.251 e. The Bertz CT molecular complexity index is 659. The van der Waals surface area contributed by atoms with E-state index in [9.17, 15) is 4.79 Å². The first-order valence-corrected chi connectivity index (χ1v) is 8.27. The van der Waals surface area contributed by atoms with Gasteiger partial charge in [-0.25, -0.2) is 0 Å². The zero-order valence-electron chi connectivity index (χ0n) is 14.4. The number of pyridine rings is 1. The van der Waals surface area contributed by atoms with Crippen LogP contribution in [0, 0.1) is 0 Å². The lowest BCUT2D eigenvalue weighted by Gasteiger charge is -2.15. The second-order valence-corrected chi connectivity index (χ2v) is 5.39. The van der Waals surface area contributed by atoms with Gasteiger partial charge in [0.25, 0.3) is 5.91 Å². The van der Waals surface area contributed by atoms with E-state index in [4.69, 9.17) is 9.47 Å². The fraction of sp³-hybridized carbons (Fsp3) is 0.368. The number of hydrogen-bond acceptors (Lipinski definition) is 4. The highest BCUT2D eigenvalue weighted by Crippen LogP contribution is 2.29. The Balaban J connectivity index is 2.12. The first kappa shape index (κ1) is 17.8. The van der Waals surface area contributed by atoms with Gasteiger partial charge >= 0.3 is 0 Å². The Kier molecular flexibility index (Phi) is 6.61. The fourth-order valence-electron chi connectivity index (χ4n) is 2.23. The Morgan fingerprint density at radius 1 is 1.17 bits per heavy atom. The molecule has 0 radical (unpaired) electrons. The van der Waals surface area contributed by atoms with E-state index in [2.05, 4.69) is 10.3 Å². The topological polar surface area (TPSA) is 60.5 Å². The molecular weight excluding hydrogens is 304 g/mol. The predicted molar refractivity (Wildman–Crippen MR) is 93.5 cm³/mol. The first-order chi connectivity index (χ1) is 11.7. The van der Waals surface area contributed by atoms with Gasteiger partial charge < -0.3 is 14.8 Å². The molecular formula is C19H24N2O3. The SMILES string of the molecule is CCCOc1ccc(C(=O)NC(C)c2ccccn2)cc1OCC. The molecule has 0 saturated heterocycles. The largest absolute Gasteiger partial charge is 0.490 e. The molecule has 1 aromatic carbocycles. The molecule has 0 bridgehead atoms.